The largest absolute Gasteiger partial charge is 0.487 e. The maximum absolute atomic E-state index is 12.4. The lowest BCUT2D eigenvalue weighted by Gasteiger charge is -2.16. The fraction of sp³-hybridized carbons (Fsp3) is 0.294. The number of para-hydroxylation sites is 1. The Hall–Kier alpha value is -5.12. The number of nitrogens with zero attached hydrogens (tertiary/aromatic N) is 4. The molecule has 226 valence electrons. The summed E-state index contributed by atoms with van der Waals surface area (Å²) >= 11 is 0. The first-order valence-corrected chi connectivity index (χ1v) is 14.9. The zero-order chi connectivity index (χ0) is 30.6. The van der Waals surface area contributed by atoms with Gasteiger partial charge in [-0.1, -0.05) is 36.4 Å². The van der Waals surface area contributed by atoms with Crippen molar-refractivity contribution in [2.75, 3.05) is 32.0 Å². The average Bonchev–Trinajstić information content (AvgIpc) is 3.66. The average molecular weight is 594 g/mol. The maximum atomic E-state index is 12.4. The van der Waals surface area contributed by atoms with Crippen LogP contribution in [0, 0.1) is 0 Å². The van der Waals surface area contributed by atoms with Crippen molar-refractivity contribution >= 4 is 39.6 Å². The minimum Gasteiger partial charge on any atom is -0.487 e. The predicted molar refractivity (Wildman–Crippen MR) is 168 cm³/mol. The Bertz CT molecular complexity index is 1830. The number of hydrogen-bond donors (Lipinski definition) is 1. The number of nitrogens with two attached hydrogens (primary N) is 1. The van der Waals surface area contributed by atoms with E-state index in [-0.39, 0.29) is 31.1 Å². The van der Waals surface area contributed by atoms with Crippen LogP contribution < -0.4 is 10.5 Å². The molecule has 1 aliphatic rings. The van der Waals surface area contributed by atoms with Crippen molar-refractivity contribution in [3.05, 3.63) is 84.2 Å². The van der Waals surface area contributed by atoms with E-state index >= 15 is 0 Å². The highest BCUT2D eigenvalue weighted by atomic mass is 16.6. The maximum Gasteiger partial charge on any atom is 0.409 e. The van der Waals surface area contributed by atoms with Gasteiger partial charge in [0.05, 0.1) is 31.2 Å². The molecule has 10 heteroatoms. The SMILES string of the molecule is CCOC(=O)Cc1ccccc1OCc1nn([C@@H]2CCN(C(=O)OCC)C2)c2ccc(-c3ccc4ccnc(N)c4c3)cc12. The number of carbonyl (C=O) groups excluding carboxylic acids is 2. The van der Waals surface area contributed by atoms with Crippen LogP contribution in [0.25, 0.3) is 32.8 Å². The van der Waals surface area contributed by atoms with E-state index in [1.165, 1.54) is 0 Å². The molecule has 0 radical (unpaired) electrons. The lowest BCUT2D eigenvalue weighted by atomic mass is 10.00. The second-order valence-corrected chi connectivity index (χ2v) is 10.7. The molecule has 10 nitrogen and oxygen atoms in total. The molecule has 1 fully saturated rings. The number of nitrogen functional groups attached to an aromatic ring is 1. The Balaban J connectivity index is 1.36. The number of rotatable bonds is 9. The van der Waals surface area contributed by atoms with Gasteiger partial charge < -0.3 is 24.8 Å². The first kappa shape index (κ1) is 29.0. The van der Waals surface area contributed by atoms with Crippen molar-refractivity contribution < 1.29 is 23.8 Å². The molecule has 0 saturated carbocycles. The van der Waals surface area contributed by atoms with Gasteiger partial charge in [-0.2, -0.15) is 5.10 Å². The predicted octanol–water partition coefficient (Wildman–Crippen LogP) is 5.92. The van der Waals surface area contributed by atoms with Gasteiger partial charge in [0.1, 0.15) is 23.9 Å². The monoisotopic (exact) mass is 593 g/mol. The van der Waals surface area contributed by atoms with Crippen LogP contribution in [0.4, 0.5) is 10.6 Å². The van der Waals surface area contributed by atoms with Gasteiger partial charge in [0.2, 0.25) is 0 Å². The quantitative estimate of drug-likeness (QED) is 0.209. The molecule has 1 aliphatic heterocycles. The summed E-state index contributed by atoms with van der Waals surface area (Å²) in [6.45, 7) is 5.55. The van der Waals surface area contributed by atoms with Crippen LogP contribution in [0.15, 0.2) is 72.9 Å². The molecule has 5 aromatic rings. The summed E-state index contributed by atoms with van der Waals surface area (Å²) < 4.78 is 18.7. The Kier molecular flexibility index (Phi) is 8.31. The molecular weight excluding hydrogens is 558 g/mol. The molecule has 44 heavy (non-hydrogen) atoms. The summed E-state index contributed by atoms with van der Waals surface area (Å²) in [7, 11) is 0. The Morgan fingerprint density at radius 1 is 0.955 bits per heavy atom. The van der Waals surface area contributed by atoms with E-state index in [9.17, 15) is 9.59 Å². The van der Waals surface area contributed by atoms with Crippen LogP contribution in [-0.2, 0) is 27.3 Å². The number of aromatic nitrogens is 3. The van der Waals surface area contributed by atoms with Gasteiger partial charge in [-0.15, -0.1) is 0 Å². The first-order chi connectivity index (χ1) is 21.4. The van der Waals surface area contributed by atoms with E-state index in [0.717, 1.165) is 50.5 Å². The molecular formula is C34H35N5O5. The molecule has 0 unspecified atom stereocenters. The van der Waals surface area contributed by atoms with Crippen molar-refractivity contribution in [3.63, 3.8) is 0 Å². The molecule has 6 rings (SSSR count). The zero-order valence-corrected chi connectivity index (χ0v) is 24.9. The van der Waals surface area contributed by atoms with Crippen molar-refractivity contribution in [2.24, 2.45) is 0 Å². The summed E-state index contributed by atoms with van der Waals surface area (Å²) in [6.07, 6.45) is 2.29. The molecule has 1 amide bonds. The molecule has 0 aliphatic carbocycles. The molecule has 0 bridgehead atoms. The van der Waals surface area contributed by atoms with Gasteiger partial charge in [-0.25, -0.2) is 9.78 Å². The van der Waals surface area contributed by atoms with Gasteiger partial charge in [-0.05, 0) is 67.1 Å². The highest BCUT2D eigenvalue weighted by Gasteiger charge is 2.30. The Morgan fingerprint density at radius 2 is 1.73 bits per heavy atom. The third kappa shape index (κ3) is 5.88. The van der Waals surface area contributed by atoms with Gasteiger partial charge in [0, 0.05) is 35.6 Å². The second kappa shape index (κ2) is 12.6. The van der Waals surface area contributed by atoms with E-state index in [4.69, 9.17) is 25.0 Å². The topological polar surface area (TPSA) is 122 Å². The standard InChI is InChI=1S/C34H35N5O5/c1-3-42-32(40)19-25-7-5-6-8-31(25)44-21-29-28-18-24(23-10-9-22-13-15-36-33(35)27(22)17-23)11-12-30(28)39(37-29)26-14-16-38(20-26)34(41)43-4-2/h5-13,15,17-18,26H,3-4,14,16,19-21H2,1-2H3,(H2,35,36)/t26-/m1/s1. The lowest BCUT2D eigenvalue weighted by Crippen LogP contribution is -2.29. The van der Waals surface area contributed by atoms with Crippen molar-refractivity contribution in [2.45, 2.75) is 39.3 Å². The number of esters is 1. The molecule has 1 saturated heterocycles. The van der Waals surface area contributed by atoms with E-state index in [0.29, 0.717) is 37.9 Å². The summed E-state index contributed by atoms with van der Waals surface area (Å²) in [4.78, 5) is 30.6. The van der Waals surface area contributed by atoms with Crippen LogP contribution in [0.5, 0.6) is 5.75 Å². The Labute approximate surface area is 255 Å². The normalized spacial score (nSPS) is 14.7. The van der Waals surface area contributed by atoms with Crippen LogP contribution in [0.1, 0.15) is 37.6 Å². The van der Waals surface area contributed by atoms with Crippen LogP contribution in [0.3, 0.4) is 0 Å². The van der Waals surface area contributed by atoms with E-state index in [2.05, 4.69) is 35.3 Å². The molecule has 2 N–H and O–H groups in total. The highest BCUT2D eigenvalue weighted by Crippen LogP contribution is 2.34. The number of fused-ring (bicyclic) bond motifs is 2. The number of carbonyl (C=O) groups is 2. The van der Waals surface area contributed by atoms with Crippen LogP contribution >= 0.6 is 0 Å². The number of pyridine rings is 1. The summed E-state index contributed by atoms with van der Waals surface area (Å²) in [5.41, 5.74) is 10.7. The molecule has 3 heterocycles. The number of ether oxygens (including phenoxy) is 3. The van der Waals surface area contributed by atoms with Crippen molar-refractivity contribution in [1.82, 2.24) is 19.7 Å². The van der Waals surface area contributed by atoms with E-state index in [1.807, 2.05) is 48.0 Å². The second-order valence-electron chi connectivity index (χ2n) is 10.7. The fourth-order valence-corrected chi connectivity index (χ4v) is 5.77. The smallest absolute Gasteiger partial charge is 0.409 e. The van der Waals surface area contributed by atoms with Crippen LogP contribution in [0.2, 0.25) is 0 Å². The minimum atomic E-state index is -0.305. The third-order valence-electron chi connectivity index (χ3n) is 7.93. The fourth-order valence-electron chi connectivity index (χ4n) is 5.77. The van der Waals surface area contributed by atoms with Crippen LogP contribution in [-0.4, -0.2) is 58.0 Å². The lowest BCUT2D eigenvalue weighted by molar-refractivity contribution is -0.142. The summed E-state index contributed by atoms with van der Waals surface area (Å²) in [5, 5.41) is 7.90. The number of likely N-dealkylation sites (tertiary alicyclic amines) is 1. The van der Waals surface area contributed by atoms with Crippen molar-refractivity contribution in [3.8, 4) is 16.9 Å². The molecule has 0 spiro atoms. The number of hydrogen-bond acceptors (Lipinski definition) is 8. The molecule has 2 aromatic heterocycles. The van der Waals surface area contributed by atoms with Gasteiger partial charge in [-0.3, -0.25) is 9.48 Å². The van der Waals surface area contributed by atoms with Crippen molar-refractivity contribution in [1.29, 1.82) is 0 Å². The number of benzene rings is 3. The zero-order valence-electron chi connectivity index (χ0n) is 24.9. The molecule has 3 aromatic carbocycles. The number of anilines is 1. The third-order valence-corrected chi connectivity index (χ3v) is 7.93. The summed E-state index contributed by atoms with van der Waals surface area (Å²) in [5.74, 6) is 0.786. The van der Waals surface area contributed by atoms with E-state index < -0.39 is 0 Å². The summed E-state index contributed by atoms with van der Waals surface area (Å²) in [6, 6.07) is 21.8. The highest BCUT2D eigenvalue weighted by molar-refractivity contribution is 5.95. The molecule has 1 atom stereocenters. The van der Waals surface area contributed by atoms with Gasteiger partial charge >= 0.3 is 12.1 Å². The van der Waals surface area contributed by atoms with Gasteiger partial charge in [0.15, 0.2) is 0 Å². The van der Waals surface area contributed by atoms with Gasteiger partial charge in [0.25, 0.3) is 0 Å². The van der Waals surface area contributed by atoms with E-state index in [1.54, 1.807) is 18.0 Å². The minimum absolute atomic E-state index is 0.0100. The Morgan fingerprint density at radius 3 is 2.55 bits per heavy atom. The number of amides is 1. The first-order valence-electron chi connectivity index (χ1n) is 14.9.